The molecule has 3 amide bonds. The second kappa shape index (κ2) is 12.8. The molecule has 0 atom stereocenters. The lowest BCUT2D eigenvalue weighted by Gasteiger charge is -2.16. The van der Waals surface area contributed by atoms with E-state index in [-0.39, 0.29) is 27.5 Å². The first-order valence-electron chi connectivity index (χ1n) is 10.1. The van der Waals surface area contributed by atoms with Crippen molar-refractivity contribution in [1.29, 1.82) is 0 Å². The first-order chi connectivity index (χ1) is 17.1. The minimum absolute atomic E-state index is 0.145. The predicted molar refractivity (Wildman–Crippen MR) is 151 cm³/mol. The second-order valence-electron chi connectivity index (χ2n) is 6.84. The van der Waals surface area contributed by atoms with E-state index >= 15 is 0 Å². The monoisotopic (exact) mass is 681 g/mol. The Morgan fingerprint density at radius 2 is 1.97 bits per heavy atom. The van der Waals surface area contributed by atoms with Gasteiger partial charge in [-0.1, -0.05) is 35.0 Å². The van der Waals surface area contributed by atoms with E-state index in [1.165, 1.54) is 19.2 Å². The largest absolute Gasteiger partial charge is 0.493 e. The van der Waals surface area contributed by atoms with Crippen LogP contribution in [0.3, 0.4) is 0 Å². The molecular weight excluding hydrogens is 664 g/mol. The van der Waals surface area contributed by atoms with E-state index in [0.717, 1.165) is 16.8 Å². The van der Waals surface area contributed by atoms with Gasteiger partial charge in [0.25, 0.3) is 5.91 Å². The number of carbonyl (C=O) groups is 3. The Morgan fingerprint density at radius 3 is 2.64 bits per heavy atom. The zero-order valence-corrected chi connectivity index (χ0v) is 24.0. The van der Waals surface area contributed by atoms with Crippen LogP contribution in [0, 0.1) is 3.57 Å². The molecule has 2 aromatic rings. The zero-order valence-electron chi connectivity index (χ0n) is 18.7. The van der Waals surface area contributed by atoms with Gasteiger partial charge < -0.3 is 19.5 Å². The number of methoxy groups -OCH3 is 1. The van der Waals surface area contributed by atoms with E-state index in [0.29, 0.717) is 31.3 Å². The summed E-state index contributed by atoms with van der Waals surface area (Å²) in [4.78, 5) is 37.2. The molecule has 0 aromatic heterocycles. The van der Waals surface area contributed by atoms with Gasteiger partial charge in [0.05, 0.1) is 32.2 Å². The lowest BCUT2D eigenvalue weighted by Crippen LogP contribution is -2.46. The third-order valence-electron chi connectivity index (χ3n) is 4.37. The molecule has 1 heterocycles. The van der Waals surface area contributed by atoms with Gasteiger partial charge in [0, 0.05) is 5.69 Å². The third kappa shape index (κ3) is 7.16. The minimum Gasteiger partial charge on any atom is -0.493 e. The van der Waals surface area contributed by atoms with Gasteiger partial charge in [-0.25, -0.2) is 15.0 Å². The minimum atomic E-state index is -0.690. The Morgan fingerprint density at radius 1 is 1.22 bits per heavy atom. The number of benzene rings is 2. The summed E-state index contributed by atoms with van der Waals surface area (Å²) in [7, 11) is 1.46. The summed E-state index contributed by atoms with van der Waals surface area (Å²) in [6.45, 7) is 1.69. The number of amides is 3. The van der Waals surface area contributed by atoms with Crippen LogP contribution in [-0.4, -0.2) is 47.6 Å². The third-order valence-corrected chi connectivity index (χ3v) is 7.22. The van der Waals surface area contributed by atoms with Crippen molar-refractivity contribution in [3.63, 3.8) is 0 Å². The molecule has 1 saturated heterocycles. The van der Waals surface area contributed by atoms with Gasteiger partial charge in [-0.3, -0.25) is 4.79 Å². The van der Waals surface area contributed by atoms with E-state index in [2.05, 4.69) is 10.7 Å². The fourth-order valence-corrected chi connectivity index (χ4v) is 5.11. The van der Waals surface area contributed by atoms with Crippen LogP contribution in [-0.2, 0) is 14.3 Å². The van der Waals surface area contributed by atoms with Crippen molar-refractivity contribution < 1.29 is 28.6 Å². The highest BCUT2D eigenvalue weighted by atomic mass is 127. The normalized spacial score (nSPS) is 14.1. The zero-order chi connectivity index (χ0) is 26.4. The van der Waals surface area contributed by atoms with Crippen molar-refractivity contribution in [2.75, 3.05) is 25.6 Å². The number of esters is 1. The number of hydrogen-bond acceptors (Lipinski definition) is 8. The Kier molecular flexibility index (Phi) is 10.1. The molecule has 9 nitrogen and oxygen atoms in total. The predicted octanol–water partition coefficient (Wildman–Crippen LogP) is 5.49. The maximum absolute atomic E-state index is 12.9. The van der Waals surface area contributed by atoms with E-state index < -0.39 is 17.9 Å². The Bertz CT molecular complexity index is 1260. The first kappa shape index (κ1) is 28.3. The van der Waals surface area contributed by atoms with Crippen molar-refractivity contribution in [3.8, 4) is 11.5 Å². The van der Waals surface area contributed by atoms with E-state index in [1.807, 2.05) is 22.6 Å². The molecule has 1 fully saturated rings. The van der Waals surface area contributed by atoms with Crippen molar-refractivity contribution in [1.82, 2.24) is 10.4 Å². The number of hydrogen-bond donors (Lipinski definition) is 2. The molecule has 0 saturated carbocycles. The average Bonchev–Trinajstić information content (AvgIpc) is 3.07. The van der Waals surface area contributed by atoms with Gasteiger partial charge in [0.1, 0.15) is 0 Å². The van der Waals surface area contributed by atoms with Gasteiger partial charge in [0.15, 0.2) is 22.4 Å². The standard InChI is InChI=1S/C22H18Cl2IN3O6S2/c1-3-33-18(29)10-34-19-15(25)6-11(7-16(19)32-2)8-17-20(30)28(22(35)36-17)27-21(31)26-12-4-5-13(23)14(24)9-12/h4-9H,3,10H2,1-2H3,(H2,26,27,31)/b17-8+. The molecule has 2 aromatic carbocycles. The highest BCUT2D eigenvalue weighted by Gasteiger charge is 2.33. The summed E-state index contributed by atoms with van der Waals surface area (Å²) < 4.78 is 16.6. The van der Waals surface area contributed by atoms with E-state index in [4.69, 9.17) is 49.6 Å². The molecule has 190 valence electrons. The highest BCUT2D eigenvalue weighted by molar-refractivity contribution is 14.1. The van der Waals surface area contributed by atoms with Crippen molar-refractivity contribution in [3.05, 3.63) is 54.4 Å². The van der Waals surface area contributed by atoms with Gasteiger partial charge >= 0.3 is 12.0 Å². The Labute approximate surface area is 239 Å². The van der Waals surface area contributed by atoms with Crippen LogP contribution in [0.4, 0.5) is 10.5 Å². The van der Waals surface area contributed by atoms with Crippen LogP contribution >= 0.6 is 69.8 Å². The molecule has 14 heteroatoms. The van der Waals surface area contributed by atoms with Crippen LogP contribution in [0.25, 0.3) is 6.08 Å². The number of ether oxygens (including phenoxy) is 3. The van der Waals surface area contributed by atoms with Crippen molar-refractivity contribution >= 4 is 104 Å². The summed E-state index contributed by atoms with van der Waals surface area (Å²) in [5.41, 5.74) is 3.43. The van der Waals surface area contributed by atoms with E-state index in [9.17, 15) is 14.4 Å². The molecule has 0 bridgehead atoms. The van der Waals surface area contributed by atoms with Crippen LogP contribution < -0.4 is 20.2 Å². The maximum Gasteiger partial charge on any atom is 0.344 e. The van der Waals surface area contributed by atoms with Crippen molar-refractivity contribution in [2.24, 2.45) is 0 Å². The van der Waals surface area contributed by atoms with Crippen LogP contribution in [0.15, 0.2) is 35.2 Å². The van der Waals surface area contributed by atoms with Crippen molar-refractivity contribution in [2.45, 2.75) is 6.92 Å². The number of thioether (sulfide) groups is 1. The molecule has 3 rings (SSSR count). The lowest BCUT2D eigenvalue weighted by molar-refractivity contribution is -0.145. The molecule has 36 heavy (non-hydrogen) atoms. The van der Waals surface area contributed by atoms with E-state index in [1.54, 1.807) is 31.2 Å². The molecular formula is C22H18Cl2IN3O6S2. The number of anilines is 1. The molecule has 0 spiro atoms. The van der Waals surface area contributed by atoms with Gasteiger partial charge in [-0.2, -0.15) is 5.01 Å². The number of thiocarbonyl (C=S) groups is 1. The number of hydrazine groups is 1. The molecule has 1 aliphatic rings. The summed E-state index contributed by atoms with van der Waals surface area (Å²) >= 11 is 20.2. The van der Waals surface area contributed by atoms with Crippen LogP contribution in [0.1, 0.15) is 12.5 Å². The quantitative estimate of drug-likeness (QED) is 0.163. The summed E-state index contributed by atoms with van der Waals surface area (Å²) in [6.07, 6.45) is 1.61. The summed E-state index contributed by atoms with van der Waals surface area (Å²) in [6, 6.07) is 7.28. The average molecular weight is 682 g/mol. The highest BCUT2D eigenvalue weighted by Crippen LogP contribution is 2.37. The number of nitrogens with zero attached hydrogens (tertiary/aromatic N) is 1. The molecule has 0 radical (unpaired) electrons. The van der Waals surface area contributed by atoms with Gasteiger partial charge in [0.2, 0.25) is 0 Å². The van der Waals surface area contributed by atoms with Gasteiger partial charge in [-0.05, 0) is 83.7 Å². The number of nitrogens with one attached hydrogen (secondary N) is 2. The maximum atomic E-state index is 12.9. The topological polar surface area (TPSA) is 106 Å². The SMILES string of the molecule is CCOC(=O)COc1c(I)cc(/C=C2/SC(=S)N(NC(=O)Nc3ccc(Cl)c(Cl)c3)C2=O)cc1OC. The number of urea groups is 1. The number of carbonyl (C=O) groups excluding carboxylic acids is 3. The summed E-state index contributed by atoms with van der Waals surface area (Å²) in [5.74, 6) is -0.270. The molecule has 0 aliphatic carbocycles. The smallest absolute Gasteiger partial charge is 0.344 e. The fourth-order valence-electron chi connectivity index (χ4n) is 2.85. The fraction of sp³-hybridized carbons (Fsp3) is 0.182. The summed E-state index contributed by atoms with van der Waals surface area (Å²) in [5, 5.41) is 4.14. The Hall–Kier alpha value is -2.26. The number of halogens is 3. The molecule has 2 N–H and O–H groups in total. The Balaban J connectivity index is 1.72. The molecule has 1 aliphatic heterocycles. The molecule has 0 unspecified atom stereocenters. The van der Waals surface area contributed by atoms with Crippen LogP contribution in [0.2, 0.25) is 10.0 Å². The second-order valence-corrected chi connectivity index (χ2v) is 10.5. The first-order valence-corrected chi connectivity index (χ1v) is 13.2. The number of rotatable bonds is 8. The van der Waals surface area contributed by atoms with Gasteiger partial charge in [-0.15, -0.1) is 0 Å². The van der Waals surface area contributed by atoms with Crippen LogP contribution in [0.5, 0.6) is 11.5 Å². The lowest BCUT2D eigenvalue weighted by atomic mass is 10.2.